The van der Waals surface area contributed by atoms with Gasteiger partial charge in [-0.2, -0.15) is 0 Å². The average molecular weight is 325 g/mol. The van der Waals surface area contributed by atoms with Crippen molar-refractivity contribution in [1.82, 2.24) is 9.97 Å². The Morgan fingerprint density at radius 1 is 1.38 bits per heavy atom. The molecule has 3 aromatic rings. The minimum absolute atomic E-state index is 0.250. The van der Waals surface area contributed by atoms with Gasteiger partial charge in [-0.3, -0.25) is 4.79 Å². The Kier molecular flexibility index (Phi) is 4.14. The maximum absolute atomic E-state index is 14.1. The van der Waals surface area contributed by atoms with Gasteiger partial charge in [0.15, 0.2) is 0 Å². The van der Waals surface area contributed by atoms with Crippen molar-refractivity contribution < 1.29 is 14.3 Å². The number of H-pyrrole nitrogens is 1. The molecule has 1 atom stereocenters. The van der Waals surface area contributed by atoms with Crippen LogP contribution in [0.1, 0.15) is 24.2 Å². The number of aromatic nitrogens is 2. The second kappa shape index (κ2) is 6.25. The highest BCUT2D eigenvalue weighted by atomic mass is 19.1. The third kappa shape index (κ3) is 3.04. The first-order chi connectivity index (χ1) is 11.5. The van der Waals surface area contributed by atoms with Crippen molar-refractivity contribution in [3.8, 4) is 11.1 Å². The van der Waals surface area contributed by atoms with Gasteiger partial charge in [0.2, 0.25) is 5.91 Å². The Labute approximate surface area is 137 Å². The van der Waals surface area contributed by atoms with Crippen molar-refractivity contribution in [3.05, 3.63) is 59.7 Å². The summed E-state index contributed by atoms with van der Waals surface area (Å²) in [6.45, 7) is 1.52. The summed E-state index contributed by atoms with van der Waals surface area (Å²) in [6, 6.07) is 6.52. The number of rotatable bonds is 4. The Morgan fingerprint density at radius 3 is 2.83 bits per heavy atom. The van der Waals surface area contributed by atoms with E-state index in [0.29, 0.717) is 11.2 Å². The number of aliphatic hydroxyl groups is 1. The van der Waals surface area contributed by atoms with E-state index >= 15 is 0 Å². The van der Waals surface area contributed by atoms with Crippen molar-refractivity contribution in [2.75, 3.05) is 0 Å². The largest absolute Gasteiger partial charge is 0.389 e. The molecule has 0 saturated carbocycles. The zero-order valence-corrected chi connectivity index (χ0v) is 13.0. The third-order valence-electron chi connectivity index (χ3n) is 3.77. The van der Waals surface area contributed by atoms with E-state index in [1.807, 2.05) is 6.07 Å². The monoisotopic (exact) mass is 325 g/mol. The minimum Gasteiger partial charge on any atom is -0.389 e. The van der Waals surface area contributed by atoms with Crippen LogP contribution in [0.2, 0.25) is 0 Å². The first kappa shape index (κ1) is 15.9. The van der Waals surface area contributed by atoms with Crippen LogP contribution in [0, 0.1) is 5.82 Å². The standard InChI is InChI=1S/C18H16FN3O2/c1-10(23)14-4-2-11(7-16(14)19)13-6-15-12(3-5-17(20)24)8-21-18(15)22-9-13/h2-10,23H,1H3,(H2,20,24)(H,21,22)/t10-/m1/s1. The molecule has 0 bridgehead atoms. The van der Waals surface area contributed by atoms with Crippen LogP contribution in [-0.4, -0.2) is 21.0 Å². The van der Waals surface area contributed by atoms with E-state index in [4.69, 9.17) is 5.73 Å². The maximum Gasteiger partial charge on any atom is 0.241 e. The molecule has 24 heavy (non-hydrogen) atoms. The second-order valence-electron chi connectivity index (χ2n) is 5.51. The number of fused-ring (bicyclic) bond motifs is 1. The number of aliphatic hydroxyl groups excluding tert-OH is 1. The van der Waals surface area contributed by atoms with E-state index in [9.17, 15) is 14.3 Å². The molecule has 1 amide bonds. The summed E-state index contributed by atoms with van der Waals surface area (Å²) in [5, 5.41) is 10.3. The van der Waals surface area contributed by atoms with Gasteiger partial charge >= 0.3 is 0 Å². The van der Waals surface area contributed by atoms with Gasteiger partial charge in [0, 0.05) is 40.5 Å². The van der Waals surface area contributed by atoms with Crippen molar-refractivity contribution in [2.24, 2.45) is 5.73 Å². The van der Waals surface area contributed by atoms with Crippen LogP contribution in [-0.2, 0) is 4.79 Å². The summed E-state index contributed by atoms with van der Waals surface area (Å²) >= 11 is 0. The van der Waals surface area contributed by atoms with Crippen LogP contribution < -0.4 is 5.73 Å². The van der Waals surface area contributed by atoms with Crippen molar-refractivity contribution >= 4 is 23.0 Å². The Morgan fingerprint density at radius 2 is 2.17 bits per heavy atom. The number of hydrogen-bond acceptors (Lipinski definition) is 3. The predicted molar refractivity (Wildman–Crippen MR) is 90.3 cm³/mol. The number of benzene rings is 1. The average Bonchev–Trinajstić information content (AvgIpc) is 2.94. The number of carbonyl (C=O) groups excluding carboxylic acids is 1. The van der Waals surface area contributed by atoms with Crippen molar-refractivity contribution in [2.45, 2.75) is 13.0 Å². The molecular weight excluding hydrogens is 309 g/mol. The molecule has 1 aromatic carbocycles. The second-order valence-corrected chi connectivity index (χ2v) is 5.51. The molecule has 0 aliphatic heterocycles. The number of pyridine rings is 1. The molecule has 2 aromatic heterocycles. The molecule has 0 spiro atoms. The lowest BCUT2D eigenvalue weighted by atomic mass is 10.0. The molecule has 0 aliphatic carbocycles. The lowest BCUT2D eigenvalue weighted by Gasteiger charge is -2.08. The zero-order chi connectivity index (χ0) is 17.3. The smallest absolute Gasteiger partial charge is 0.241 e. The van der Waals surface area contributed by atoms with Crippen LogP contribution in [0.15, 0.2) is 42.7 Å². The van der Waals surface area contributed by atoms with E-state index in [0.717, 1.165) is 16.5 Å². The van der Waals surface area contributed by atoms with E-state index < -0.39 is 17.8 Å². The lowest BCUT2D eigenvalue weighted by molar-refractivity contribution is -0.113. The van der Waals surface area contributed by atoms with Crippen LogP contribution in [0.3, 0.4) is 0 Å². The molecule has 5 nitrogen and oxygen atoms in total. The molecule has 0 fully saturated rings. The number of aromatic amines is 1. The van der Waals surface area contributed by atoms with Crippen molar-refractivity contribution in [3.63, 3.8) is 0 Å². The van der Waals surface area contributed by atoms with E-state index in [1.54, 1.807) is 30.6 Å². The highest BCUT2D eigenvalue weighted by Gasteiger charge is 2.11. The molecule has 6 heteroatoms. The van der Waals surface area contributed by atoms with Gasteiger partial charge in [-0.15, -0.1) is 0 Å². The number of nitrogens with zero attached hydrogens (tertiary/aromatic N) is 1. The highest BCUT2D eigenvalue weighted by molar-refractivity contribution is 5.95. The lowest BCUT2D eigenvalue weighted by Crippen LogP contribution is -2.04. The number of nitrogens with two attached hydrogens (primary N) is 1. The zero-order valence-electron chi connectivity index (χ0n) is 13.0. The summed E-state index contributed by atoms with van der Waals surface area (Å²) in [5.74, 6) is -1.00. The molecule has 3 rings (SSSR count). The minimum atomic E-state index is -0.866. The Balaban J connectivity index is 2.06. The quantitative estimate of drug-likeness (QED) is 0.644. The van der Waals surface area contributed by atoms with Crippen molar-refractivity contribution in [1.29, 1.82) is 0 Å². The summed E-state index contributed by atoms with van der Waals surface area (Å²) in [6.07, 6.45) is 5.36. The fourth-order valence-corrected chi connectivity index (χ4v) is 2.54. The van der Waals surface area contributed by atoms with E-state index in [2.05, 4.69) is 9.97 Å². The molecule has 122 valence electrons. The molecule has 0 aliphatic rings. The summed E-state index contributed by atoms with van der Waals surface area (Å²) in [7, 11) is 0. The molecule has 0 unspecified atom stereocenters. The first-order valence-electron chi connectivity index (χ1n) is 7.38. The van der Waals surface area contributed by atoms with Crippen LogP contribution in [0.5, 0.6) is 0 Å². The third-order valence-corrected chi connectivity index (χ3v) is 3.77. The number of amides is 1. The van der Waals surface area contributed by atoms with Crippen LogP contribution in [0.25, 0.3) is 28.2 Å². The normalized spacial score (nSPS) is 12.8. The molecule has 0 radical (unpaired) electrons. The maximum atomic E-state index is 14.1. The van der Waals surface area contributed by atoms with Gasteiger partial charge in [0.1, 0.15) is 11.5 Å². The topological polar surface area (TPSA) is 92.0 Å². The fraction of sp³-hybridized carbons (Fsp3) is 0.111. The van der Waals surface area contributed by atoms with Gasteiger partial charge in [-0.05, 0) is 30.7 Å². The number of carbonyl (C=O) groups is 1. The summed E-state index contributed by atoms with van der Waals surface area (Å²) in [4.78, 5) is 18.2. The summed E-state index contributed by atoms with van der Waals surface area (Å²) < 4.78 is 14.1. The number of nitrogens with one attached hydrogen (secondary N) is 1. The molecule has 0 saturated heterocycles. The number of hydrogen-bond donors (Lipinski definition) is 3. The van der Waals surface area contributed by atoms with Gasteiger partial charge in [-0.1, -0.05) is 12.1 Å². The fourth-order valence-electron chi connectivity index (χ4n) is 2.54. The molecule has 4 N–H and O–H groups in total. The number of halogens is 1. The Bertz CT molecular complexity index is 945. The van der Waals surface area contributed by atoms with Gasteiger partial charge in [0.05, 0.1) is 6.10 Å². The van der Waals surface area contributed by atoms with E-state index in [-0.39, 0.29) is 5.56 Å². The SMILES string of the molecule is C[C@@H](O)c1ccc(-c2cnc3[nH]cc(C=CC(N)=O)c3c2)cc1F. The van der Waals surface area contributed by atoms with Crippen LogP contribution >= 0.6 is 0 Å². The predicted octanol–water partition coefficient (Wildman–Crippen LogP) is 2.92. The van der Waals surface area contributed by atoms with Gasteiger partial charge in [-0.25, -0.2) is 9.37 Å². The van der Waals surface area contributed by atoms with Gasteiger partial charge < -0.3 is 15.8 Å². The summed E-state index contributed by atoms with van der Waals surface area (Å²) in [5.41, 5.74) is 8.16. The Hall–Kier alpha value is -2.99. The van der Waals surface area contributed by atoms with E-state index in [1.165, 1.54) is 19.1 Å². The number of primary amides is 1. The highest BCUT2D eigenvalue weighted by Crippen LogP contribution is 2.28. The molecular formula is C18H16FN3O2. The first-order valence-corrected chi connectivity index (χ1v) is 7.38. The van der Waals surface area contributed by atoms with Crippen LogP contribution in [0.4, 0.5) is 4.39 Å². The van der Waals surface area contributed by atoms with Gasteiger partial charge in [0.25, 0.3) is 0 Å². The molecule has 2 heterocycles.